The quantitative estimate of drug-likeness (QED) is 0.844. The van der Waals surface area contributed by atoms with E-state index in [-0.39, 0.29) is 0 Å². The van der Waals surface area contributed by atoms with Gasteiger partial charge >= 0.3 is 106 Å². The molecule has 0 amide bonds. The summed E-state index contributed by atoms with van der Waals surface area (Å²) >= 11 is -2.21. The summed E-state index contributed by atoms with van der Waals surface area (Å²) in [6, 6.07) is 12.5. The summed E-state index contributed by atoms with van der Waals surface area (Å²) in [5.74, 6) is 0. The van der Waals surface area contributed by atoms with Crippen LogP contribution >= 0.6 is 0 Å². The molecule has 0 atom stereocenters. The van der Waals surface area contributed by atoms with Crippen molar-refractivity contribution in [1.29, 1.82) is 5.26 Å². The molecule has 17 heavy (non-hydrogen) atoms. The summed E-state index contributed by atoms with van der Waals surface area (Å²) in [4.78, 5) is 10.4. The molecular weight excluding hydrogens is 315 g/mol. The van der Waals surface area contributed by atoms with Gasteiger partial charge in [-0.2, -0.15) is 0 Å². The first-order chi connectivity index (χ1) is 8.04. The van der Waals surface area contributed by atoms with E-state index in [2.05, 4.69) is 38.0 Å². The first kappa shape index (κ1) is 12.3. The molecular formula is C14H16N2Sn. The molecule has 0 bridgehead atoms. The number of nitriles is 1. The van der Waals surface area contributed by atoms with E-state index in [0.29, 0.717) is 0 Å². The number of H-pyrrole nitrogens is 1. The van der Waals surface area contributed by atoms with Crippen LogP contribution in [0.25, 0.3) is 11.1 Å². The molecule has 0 aliphatic heterocycles. The molecule has 1 N–H and O–H groups in total. The molecule has 2 nitrogen and oxygen atoms in total. The monoisotopic (exact) mass is 332 g/mol. The van der Waals surface area contributed by atoms with Gasteiger partial charge < -0.3 is 0 Å². The Labute approximate surface area is 106 Å². The van der Waals surface area contributed by atoms with Crippen molar-refractivity contribution in [1.82, 2.24) is 4.98 Å². The Morgan fingerprint density at radius 2 is 1.76 bits per heavy atom. The van der Waals surface area contributed by atoms with E-state index in [1.54, 1.807) is 0 Å². The van der Waals surface area contributed by atoms with E-state index in [9.17, 15) is 5.26 Å². The van der Waals surface area contributed by atoms with Crippen LogP contribution in [0.1, 0.15) is 5.56 Å². The van der Waals surface area contributed by atoms with Crippen LogP contribution in [0.4, 0.5) is 0 Å². The van der Waals surface area contributed by atoms with E-state index in [0.717, 1.165) is 16.7 Å². The SMILES string of the molecule is [CH3][Sn]([CH3])([CH3])[c]1[nH]cc(C#N)c1-c1ccccc1. The summed E-state index contributed by atoms with van der Waals surface area (Å²) < 4.78 is 1.32. The molecule has 0 saturated heterocycles. The molecule has 0 spiro atoms. The predicted molar refractivity (Wildman–Crippen MR) is 73.9 cm³/mol. The van der Waals surface area contributed by atoms with Crippen molar-refractivity contribution >= 4 is 22.1 Å². The van der Waals surface area contributed by atoms with E-state index >= 15 is 0 Å². The number of benzene rings is 1. The van der Waals surface area contributed by atoms with Gasteiger partial charge in [-0.05, 0) is 0 Å². The van der Waals surface area contributed by atoms with E-state index in [1.165, 1.54) is 3.71 Å². The van der Waals surface area contributed by atoms with Crippen LogP contribution < -0.4 is 3.71 Å². The first-order valence-corrected chi connectivity index (χ1v) is 15.7. The molecule has 0 unspecified atom stereocenters. The minimum absolute atomic E-state index is 0.762. The number of nitrogens with one attached hydrogen (secondary N) is 1. The van der Waals surface area contributed by atoms with Crippen LogP contribution in [0, 0.1) is 11.3 Å². The van der Waals surface area contributed by atoms with Gasteiger partial charge in [-0.15, -0.1) is 0 Å². The fraction of sp³-hybridized carbons (Fsp3) is 0.214. The number of nitrogens with zero attached hydrogens (tertiary/aromatic N) is 1. The number of hydrogen-bond donors (Lipinski definition) is 1. The van der Waals surface area contributed by atoms with Crippen molar-refractivity contribution in [2.45, 2.75) is 14.8 Å². The molecule has 86 valence electrons. The van der Waals surface area contributed by atoms with Crippen molar-refractivity contribution in [3.8, 4) is 17.2 Å². The standard InChI is InChI=1S/C11H7N2.3CH3.Sn/c12-6-10-7-13-8-11(10)9-4-2-1-3-5-9;;;;/h1-5,7,13H;3*1H3;. The molecule has 2 aromatic rings. The normalized spacial score (nSPS) is 11.2. The van der Waals surface area contributed by atoms with Gasteiger partial charge in [0.1, 0.15) is 0 Å². The predicted octanol–water partition coefficient (Wildman–Crippen LogP) is 3.10. The summed E-state index contributed by atoms with van der Waals surface area (Å²) in [6.45, 7) is 0. The van der Waals surface area contributed by atoms with Gasteiger partial charge in [0.15, 0.2) is 0 Å². The zero-order valence-corrected chi connectivity index (χ0v) is 13.3. The molecule has 2 rings (SSSR count). The maximum atomic E-state index is 9.21. The van der Waals surface area contributed by atoms with Crippen molar-refractivity contribution in [2.24, 2.45) is 0 Å². The number of hydrogen-bond acceptors (Lipinski definition) is 1. The van der Waals surface area contributed by atoms with Crippen molar-refractivity contribution < 1.29 is 0 Å². The third-order valence-electron chi connectivity index (χ3n) is 2.81. The van der Waals surface area contributed by atoms with Gasteiger partial charge in [-0.1, -0.05) is 0 Å². The third-order valence-corrected chi connectivity index (χ3v) is 8.22. The van der Waals surface area contributed by atoms with Crippen LogP contribution in [0.2, 0.25) is 14.8 Å². The Bertz CT molecular complexity index is 556. The fourth-order valence-electron chi connectivity index (χ4n) is 2.01. The van der Waals surface area contributed by atoms with E-state index < -0.39 is 18.4 Å². The number of aromatic nitrogens is 1. The Hall–Kier alpha value is -1.21. The Morgan fingerprint density at radius 3 is 2.29 bits per heavy atom. The van der Waals surface area contributed by atoms with E-state index in [1.807, 2.05) is 24.4 Å². The topological polar surface area (TPSA) is 39.6 Å². The second-order valence-electron chi connectivity index (χ2n) is 5.18. The summed E-state index contributed by atoms with van der Waals surface area (Å²) in [5, 5.41) is 9.21. The molecule has 0 saturated carbocycles. The molecule has 1 aromatic heterocycles. The molecule has 1 heterocycles. The van der Waals surface area contributed by atoms with Crippen LogP contribution in [-0.4, -0.2) is 23.4 Å². The number of aromatic amines is 1. The fourth-order valence-corrected chi connectivity index (χ4v) is 6.39. The average Bonchev–Trinajstić information content (AvgIpc) is 2.73. The first-order valence-electron chi connectivity index (χ1n) is 5.71. The van der Waals surface area contributed by atoms with Crippen molar-refractivity contribution in [2.75, 3.05) is 0 Å². The molecule has 0 aliphatic rings. The summed E-state index contributed by atoms with van der Waals surface area (Å²) in [5.41, 5.74) is 3.03. The van der Waals surface area contributed by atoms with E-state index in [4.69, 9.17) is 0 Å². The molecule has 0 aliphatic carbocycles. The summed E-state index contributed by atoms with van der Waals surface area (Å²) in [6.07, 6.45) is 1.85. The minimum atomic E-state index is -2.21. The number of rotatable bonds is 2. The molecule has 1 aromatic carbocycles. The van der Waals surface area contributed by atoms with Crippen LogP contribution in [0.5, 0.6) is 0 Å². The van der Waals surface area contributed by atoms with Crippen LogP contribution in [-0.2, 0) is 0 Å². The second kappa shape index (κ2) is 4.58. The van der Waals surface area contributed by atoms with Gasteiger partial charge in [0.25, 0.3) is 0 Å². The van der Waals surface area contributed by atoms with Gasteiger partial charge in [0, 0.05) is 0 Å². The van der Waals surface area contributed by atoms with Crippen LogP contribution in [0.3, 0.4) is 0 Å². The van der Waals surface area contributed by atoms with Crippen molar-refractivity contribution in [3.63, 3.8) is 0 Å². The Balaban J connectivity index is 2.68. The third kappa shape index (κ3) is 2.39. The Kier molecular flexibility index (Phi) is 3.30. The Morgan fingerprint density at radius 1 is 1.12 bits per heavy atom. The van der Waals surface area contributed by atoms with Gasteiger partial charge in [0.05, 0.1) is 0 Å². The molecule has 0 radical (unpaired) electrons. The second-order valence-corrected chi connectivity index (χ2v) is 19.5. The molecule has 0 fully saturated rings. The maximum absolute atomic E-state index is 9.21. The van der Waals surface area contributed by atoms with Crippen LogP contribution in [0.15, 0.2) is 36.5 Å². The zero-order chi connectivity index (χ0) is 12.5. The zero-order valence-electron chi connectivity index (χ0n) is 10.4. The van der Waals surface area contributed by atoms with Crippen molar-refractivity contribution in [3.05, 3.63) is 42.1 Å². The molecule has 3 heteroatoms. The average molecular weight is 331 g/mol. The van der Waals surface area contributed by atoms with Gasteiger partial charge in [0.2, 0.25) is 0 Å². The van der Waals surface area contributed by atoms with Gasteiger partial charge in [-0.3, -0.25) is 0 Å². The van der Waals surface area contributed by atoms with Gasteiger partial charge in [-0.25, -0.2) is 0 Å². The summed E-state index contributed by atoms with van der Waals surface area (Å²) in [7, 11) is 0.